The average molecular weight is 425 g/mol. The van der Waals surface area contributed by atoms with Crippen molar-refractivity contribution in [2.24, 2.45) is 5.84 Å². The molecular weight excluding hydrogens is 406 g/mol. The first-order chi connectivity index (χ1) is 13.9. The fourth-order valence-electron chi connectivity index (χ4n) is 2.92. The zero-order chi connectivity index (χ0) is 21.0. The van der Waals surface area contributed by atoms with E-state index in [1.165, 1.54) is 29.2 Å². The summed E-state index contributed by atoms with van der Waals surface area (Å²) >= 11 is 5.88. The predicted octanol–water partition coefficient (Wildman–Crippen LogP) is 2.68. The first-order valence-electron chi connectivity index (χ1n) is 8.79. The van der Waals surface area contributed by atoms with Crippen molar-refractivity contribution in [1.82, 2.24) is 10.3 Å². The molecule has 1 fully saturated rings. The summed E-state index contributed by atoms with van der Waals surface area (Å²) in [5.74, 6) is 3.12. The van der Waals surface area contributed by atoms with E-state index < -0.39 is 17.5 Å². The monoisotopic (exact) mass is 424 g/mol. The number of nitrogens with zero attached hydrogens (tertiary/aromatic N) is 2. The normalized spacial score (nSPS) is 13.9. The zero-order valence-electron chi connectivity index (χ0n) is 15.3. The van der Waals surface area contributed by atoms with Gasteiger partial charge in [-0.25, -0.2) is 19.4 Å². The Morgan fingerprint density at radius 2 is 1.86 bits per heavy atom. The number of rotatable bonds is 4. The number of ether oxygens (including phenoxy) is 1. The largest absolute Gasteiger partial charge is 0.378 e. The van der Waals surface area contributed by atoms with Crippen LogP contribution < -0.4 is 16.2 Å². The molecule has 0 atom stereocenters. The number of hydrogen-bond donors (Lipinski definition) is 2. The summed E-state index contributed by atoms with van der Waals surface area (Å²) in [6.45, 7) is 1.39. The third-order valence-corrected chi connectivity index (χ3v) is 4.79. The van der Waals surface area contributed by atoms with E-state index in [1.54, 1.807) is 4.90 Å². The second kappa shape index (κ2) is 9.17. The number of hydrazine groups is 1. The molecule has 29 heavy (non-hydrogen) atoms. The highest BCUT2D eigenvalue weighted by atomic mass is 35.5. The number of benzene rings is 2. The second-order valence-electron chi connectivity index (χ2n) is 6.35. The molecule has 1 aliphatic rings. The van der Waals surface area contributed by atoms with Crippen LogP contribution in [0.3, 0.4) is 0 Å². The van der Waals surface area contributed by atoms with Crippen LogP contribution in [0.25, 0.3) is 0 Å². The first kappa shape index (κ1) is 21.0. The Balaban J connectivity index is 1.93. The maximum atomic E-state index is 14.6. The van der Waals surface area contributed by atoms with E-state index in [0.29, 0.717) is 32.0 Å². The molecule has 2 aromatic carbocycles. The van der Waals surface area contributed by atoms with Gasteiger partial charge in [0.2, 0.25) is 0 Å². The Morgan fingerprint density at radius 3 is 2.48 bits per heavy atom. The van der Waals surface area contributed by atoms with Crippen LogP contribution in [0.5, 0.6) is 0 Å². The minimum Gasteiger partial charge on any atom is -0.378 e. The SMILES string of the molecule is NNC(=O)c1ccc(CN(C(=O)N2CCOCC2)c2ccc(F)c(Cl)c2)c(F)c1. The topological polar surface area (TPSA) is 87.9 Å². The van der Waals surface area contributed by atoms with E-state index in [-0.39, 0.29) is 28.7 Å². The van der Waals surface area contributed by atoms with Gasteiger partial charge in [-0.05, 0) is 30.3 Å². The fourth-order valence-corrected chi connectivity index (χ4v) is 3.09. The highest BCUT2D eigenvalue weighted by Crippen LogP contribution is 2.26. The van der Waals surface area contributed by atoms with Crippen molar-refractivity contribution in [3.05, 3.63) is 64.2 Å². The number of urea groups is 1. The van der Waals surface area contributed by atoms with Crippen LogP contribution >= 0.6 is 11.6 Å². The first-order valence-corrected chi connectivity index (χ1v) is 9.17. The van der Waals surface area contributed by atoms with Crippen LogP contribution in [0, 0.1) is 11.6 Å². The van der Waals surface area contributed by atoms with Gasteiger partial charge in [-0.3, -0.25) is 15.1 Å². The molecule has 154 valence electrons. The molecule has 0 aromatic heterocycles. The summed E-state index contributed by atoms with van der Waals surface area (Å²) in [4.78, 5) is 27.5. The predicted molar refractivity (Wildman–Crippen MR) is 103 cm³/mol. The molecule has 0 spiro atoms. The van der Waals surface area contributed by atoms with Crippen LogP contribution in [0.2, 0.25) is 5.02 Å². The molecule has 2 aromatic rings. The molecular formula is C19H19ClF2N4O3. The van der Waals surface area contributed by atoms with Crippen molar-refractivity contribution in [3.63, 3.8) is 0 Å². The maximum Gasteiger partial charge on any atom is 0.324 e. The smallest absolute Gasteiger partial charge is 0.324 e. The van der Waals surface area contributed by atoms with Crippen molar-refractivity contribution in [1.29, 1.82) is 0 Å². The summed E-state index contributed by atoms with van der Waals surface area (Å²) in [5.41, 5.74) is 2.46. The Kier molecular flexibility index (Phi) is 6.63. The third-order valence-electron chi connectivity index (χ3n) is 4.50. The number of nitrogens with two attached hydrogens (primary N) is 1. The van der Waals surface area contributed by atoms with E-state index in [2.05, 4.69) is 0 Å². The van der Waals surface area contributed by atoms with Gasteiger partial charge >= 0.3 is 6.03 Å². The van der Waals surface area contributed by atoms with Gasteiger partial charge in [0.1, 0.15) is 11.6 Å². The molecule has 3 N–H and O–H groups in total. The number of hydrogen-bond acceptors (Lipinski definition) is 4. The molecule has 1 saturated heterocycles. The number of carbonyl (C=O) groups excluding carboxylic acids is 2. The van der Waals surface area contributed by atoms with Gasteiger partial charge in [0, 0.05) is 29.9 Å². The van der Waals surface area contributed by atoms with Gasteiger partial charge in [-0.1, -0.05) is 17.7 Å². The van der Waals surface area contributed by atoms with E-state index in [4.69, 9.17) is 22.2 Å². The molecule has 0 radical (unpaired) electrons. The minimum atomic E-state index is -0.681. The van der Waals surface area contributed by atoms with E-state index in [9.17, 15) is 18.4 Å². The number of amides is 3. The molecule has 1 aliphatic heterocycles. The van der Waals surface area contributed by atoms with Gasteiger partial charge in [-0.15, -0.1) is 0 Å². The minimum absolute atomic E-state index is 0.0460. The zero-order valence-corrected chi connectivity index (χ0v) is 16.1. The summed E-state index contributed by atoms with van der Waals surface area (Å²) in [5, 5.41) is -0.155. The average Bonchev–Trinajstić information content (AvgIpc) is 2.74. The van der Waals surface area contributed by atoms with Gasteiger partial charge in [-0.2, -0.15) is 0 Å². The van der Waals surface area contributed by atoms with Gasteiger partial charge in [0.25, 0.3) is 5.91 Å². The van der Waals surface area contributed by atoms with Gasteiger partial charge in [0.05, 0.1) is 24.8 Å². The Hall–Kier alpha value is -2.75. The number of anilines is 1. The van der Waals surface area contributed by atoms with Crippen molar-refractivity contribution in [2.75, 3.05) is 31.2 Å². The third kappa shape index (κ3) is 4.81. The summed E-state index contributed by atoms with van der Waals surface area (Å²) in [7, 11) is 0. The Morgan fingerprint density at radius 1 is 1.14 bits per heavy atom. The molecule has 0 bridgehead atoms. The second-order valence-corrected chi connectivity index (χ2v) is 6.75. The van der Waals surface area contributed by atoms with Crippen LogP contribution in [0.4, 0.5) is 19.3 Å². The summed E-state index contributed by atoms with van der Waals surface area (Å²) in [6.07, 6.45) is 0. The Labute approximate surface area is 170 Å². The van der Waals surface area contributed by atoms with E-state index >= 15 is 0 Å². The number of nitrogen functional groups attached to an aromatic ring is 1. The van der Waals surface area contributed by atoms with E-state index in [1.807, 2.05) is 5.43 Å². The van der Waals surface area contributed by atoms with Gasteiger partial charge < -0.3 is 9.64 Å². The van der Waals surface area contributed by atoms with Crippen molar-refractivity contribution in [2.45, 2.75) is 6.54 Å². The quantitative estimate of drug-likeness (QED) is 0.449. The molecule has 10 heteroatoms. The molecule has 1 heterocycles. The van der Waals surface area contributed by atoms with E-state index in [0.717, 1.165) is 12.1 Å². The molecule has 0 aliphatic carbocycles. The number of nitrogens with one attached hydrogen (secondary N) is 1. The van der Waals surface area contributed by atoms with Gasteiger partial charge in [0.15, 0.2) is 0 Å². The lowest BCUT2D eigenvalue weighted by Crippen LogP contribution is -2.48. The standard InChI is InChI=1S/C19H19ClF2N4O3/c20-15-10-14(3-4-16(15)21)26(19(28)25-5-7-29-8-6-25)11-13-2-1-12(9-17(13)22)18(27)24-23/h1-4,9-10H,5-8,11,23H2,(H,24,27). The Bertz CT molecular complexity index is 922. The van der Waals surface area contributed by atoms with Crippen molar-refractivity contribution < 1.29 is 23.1 Å². The van der Waals surface area contributed by atoms with Crippen molar-refractivity contribution >= 4 is 29.2 Å². The number of morpholine rings is 1. The fraction of sp³-hybridized carbons (Fsp3) is 0.263. The molecule has 0 unspecified atom stereocenters. The van der Waals surface area contributed by atoms with Crippen LogP contribution in [0.15, 0.2) is 36.4 Å². The lowest BCUT2D eigenvalue weighted by molar-refractivity contribution is 0.0548. The molecule has 3 amide bonds. The molecule has 0 saturated carbocycles. The molecule has 7 nitrogen and oxygen atoms in total. The highest BCUT2D eigenvalue weighted by Gasteiger charge is 2.26. The summed E-state index contributed by atoms with van der Waals surface area (Å²) < 4.78 is 33.4. The maximum absolute atomic E-state index is 14.6. The number of carbonyl (C=O) groups is 2. The number of halogens is 3. The van der Waals surface area contributed by atoms with Crippen LogP contribution in [0.1, 0.15) is 15.9 Å². The lowest BCUT2D eigenvalue weighted by Gasteiger charge is -2.33. The molecule has 3 rings (SSSR count). The van der Waals surface area contributed by atoms with Crippen molar-refractivity contribution in [3.8, 4) is 0 Å². The highest BCUT2D eigenvalue weighted by molar-refractivity contribution is 6.31. The van der Waals surface area contributed by atoms with Crippen LogP contribution in [-0.4, -0.2) is 43.1 Å². The van der Waals surface area contributed by atoms with Crippen LogP contribution in [-0.2, 0) is 11.3 Å². The summed E-state index contributed by atoms with van der Waals surface area (Å²) in [6, 6.07) is 7.28. The lowest BCUT2D eigenvalue weighted by atomic mass is 10.1.